The number of hydrogen-bond acceptors (Lipinski definition) is 6. The topological polar surface area (TPSA) is 104 Å². The fraction of sp³-hybridized carbons (Fsp3) is 0.364. The van der Waals surface area contributed by atoms with Crippen LogP contribution in [0.5, 0.6) is 5.75 Å². The van der Waals surface area contributed by atoms with Crippen LogP contribution in [-0.4, -0.2) is 59.1 Å². The number of carbonyl (C=O) groups excluding carboxylic acids is 3. The van der Waals surface area contributed by atoms with E-state index in [1.807, 2.05) is 0 Å². The first kappa shape index (κ1) is 26.8. The van der Waals surface area contributed by atoms with Crippen molar-refractivity contribution in [1.82, 2.24) is 15.2 Å². The van der Waals surface area contributed by atoms with Gasteiger partial charge in [-0.3, -0.25) is 14.6 Å². The van der Waals surface area contributed by atoms with Crippen LogP contribution >= 0.6 is 0 Å². The van der Waals surface area contributed by atoms with Gasteiger partial charge < -0.3 is 20.3 Å². The minimum atomic E-state index is -5.11. The third-order valence-electron chi connectivity index (χ3n) is 5.22. The lowest BCUT2D eigenvalue weighted by Crippen LogP contribution is -2.43. The predicted molar refractivity (Wildman–Crippen MR) is 117 cm³/mol. The number of urea groups is 1. The van der Waals surface area contributed by atoms with Crippen molar-refractivity contribution in [3.05, 3.63) is 48.3 Å². The van der Waals surface area contributed by atoms with Gasteiger partial charge in [0, 0.05) is 18.9 Å². The van der Waals surface area contributed by atoms with Gasteiger partial charge in [0.15, 0.2) is 5.75 Å². The van der Waals surface area contributed by atoms with Gasteiger partial charge in [-0.1, -0.05) is 0 Å². The summed E-state index contributed by atoms with van der Waals surface area (Å²) < 4.78 is 67.1. The second-order valence-electron chi connectivity index (χ2n) is 8.22. The number of halogens is 5. The van der Waals surface area contributed by atoms with Crippen molar-refractivity contribution in [2.45, 2.75) is 38.7 Å². The average molecular weight is 515 g/mol. The normalized spacial score (nSPS) is 15.6. The van der Waals surface area contributed by atoms with E-state index in [9.17, 15) is 36.3 Å². The molecule has 2 aromatic rings. The molecule has 1 aliphatic rings. The van der Waals surface area contributed by atoms with E-state index < -0.39 is 60.7 Å². The standard InChI is InChI=1S/C22H22F5N5O4/c1-21(2)19(34)32(20(35)31(21)12-13-5-7-28-8-6-13)14-3-4-16(36-22(25,26)27)15(9-14)30-18(33)11-29-10-17(23)24/h3-9,17,29H,10-12H2,1-2H3,(H,30,33). The number of hydrogen-bond donors (Lipinski definition) is 2. The fourth-order valence-electron chi connectivity index (χ4n) is 3.46. The molecule has 1 aromatic carbocycles. The molecule has 3 rings (SSSR count). The number of ether oxygens (including phenoxy) is 1. The number of aromatic nitrogens is 1. The molecule has 0 aliphatic carbocycles. The molecule has 0 saturated carbocycles. The summed E-state index contributed by atoms with van der Waals surface area (Å²) in [6.07, 6.45) is -4.81. The minimum absolute atomic E-state index is 0.0608. The summed E-state index contributed by atoms with van der Waals surface area (Å²) in [5.41, 5.74) is -1.25. The summed E-state index contributed by atoms with van der Waals surface area (Å²) in [6, 6.07) is 5.46. The Morgan fingerprint density at radius 2 is 1.81 bits per heavy atom. The van der Waals surface area contributed by atoms with E-state index in [1.165, 1.54) is 31.1 Å². The molecule has 9 nitrogen and oxygen atoms in total. The predicted octanol–water partition coefficient (Wildman–Crippen LogP) is 3.52. The van der Waals surface area contributed by atoms with Crippen molar-refractivity contribution in [1.29, 1.82) is 0 Å². The molecule has 1 saturated heterocycles. The highest BCUT2D eigenvalue weighted by atomic mass is 19.4. The lowest BCUT2D eigenvalue weighted by molar-refractivity contribution is -0.274. The first-order valence-corrected chi connectivity index (χ1v) is 10.5. The number of carbonyl (C=O) groups is 3. The van der Waals surface area contributed by atoms with E-state index in [0.717, 1.165) is 23.1 Å². The second kappa shape index (κ2) is 10.4. The Morgan fingerprint density at radius 3 is 2.42 bits per heavy atom. The molecule has 36 heavy (non-hydrogen) atoms. The van der Waals surface area contributed by atoms with Crippen molar-refractivity contribution in [3.63, 3.8) is 0 Å². The van der Waals surface area contributed by atoms with E-state index in [4.69, 9.17) is 0 Å². The number of pyridine rings is 1. The summed E-state index contributed by atoms with van der Waals surface area (Å²) in [6.45, 7) is 1.66. The Balaban J connectivity index is 1.91. The summed E-state index contributed by atoms with van der Waals surface area (Å²) in [5.74, 6) is -2.42. The maximum absolute atomic E-state index is 13.2. The summed E-state index contributed by atoms with van der Waals surface area (Å²) in [5, 5.41) is 4.27. The zero-order valence-corrected chi connectivity index (χ0v) is 19.1. The van der Waals surface area contributed by atoms with E-state index in [0.29, 0.717) is 5.56 Å². The van der Waals surface area contributed by atoms with Crippen molar-refractivity contribution < 1.29 is 41.1 Å². The van der Waals surface area contributed by atoms with Crippen LogP contribution < -0.4 is 20.3 Å². The van der Waals surface area contributed by atoms with Crippen LogP contribution in [0.3, 0.4) is 0 Å². The van der Waals surface area contributed by atoms with Crippen LogP contribution in [0.25, 0.3) is 0 Å². The number of imide groups is 1. The number of anilines is 2. The molecule has 0 radical (unpaired) electrons. The van der Waals surface area contributed by atoms with Crippen molar-refractivity contribution in [2.24, 2.45) is 0 Å². The average Bonchev–Trinajstić information content (AvgIpc) is 2.94. The third kappa shape index (κ3) is 6.24. The zero-order chi connectivity index (χ0) is 26.7. The van der Waals surface area contributed by atoms with Gasteiger partial charge in [0.2, 0.25) is 5.91 Å². The summed E-state index contributed by atoms with van der Waals surface area (Å²) >= 11 is 0. The molecule has 0 spiro atoms. The third-order valence-corrected chi connectivity index (χ3v) is 5.22. The fourth-order valence-corrected chi connectivity index (χ4v) is 3.46. The van der Waals surface area contributed by atoms with Gasteiger partial charge in [-0.05, 0) is 49.7 Å². The van der Waals surface area contributed by atoms with Crippen LogP contribution in [0, 0.1) is 0 Å². The number of alkyl halides is 5. The number of nitrogens with one attached hydrogen (secondary N) is 2. The lowest BCUT2D eigenvalue weighted by Gasteiger charge is -2.27. The SMILES string of the molecule is CC1(C)C(=O)N(c2ccc(OC(F)(F)F)c(NC(=O)CNCC(F)F)c2)C(=O)N1Cc1ccncc1. The Bertz CT molecular complexity index is 1130. The van der Waals surface area contributed by atoms with Gasteiger partial charge in [-0.2, -0.15) is 0 Å². The monoisotopic (exact) mass is 515 g/mol. The van der Waals surface area contributed by atoms with Crippen LogP contribution in [-0.2, 0) is 16.1 Å². The van der Waals surface area contributed by atoms with Crippen molar-refractivity contribution in [3.8, 4) is 5.75 Å². The van der Waals surface area contributed by atoms with E-state index in [1.54, 1.807) is 12.1 Å². The number of amides is 4. The molecule has 1 fully saturated rings. The Morgan fingerprint density at radius 1 is 1.14 bits per heavy atom. The Labute approximate surface area is 202 Å². The molecular formula is C22H22F5N5O4. The quantitative estimate of drug-likeness (QED) is 0.391. The van der Waals surface area contributed by atoms with Crippen molar-refractivity contribution >= 4 is 29.2 Å². The molecule has 0 atom stereocenters. The van der Waals surface area contributed by atoms with Gasteiger partial charge in [-0.25, -0.2) is 18.5 Å². The van der Waals surface area contributed by atoms with Crippen molar-refractivity contribution in [2.75, 3.05) is 23.3 Å². The van der Waals surface area contributed by atoms with E-state index >= 15 is 0 Å². The maximum atomic E-state index is 13.2. The first-order valence-electron chi connectivity index (χ1n) is 10.5. The van der Waals surface area contributed by atoms with Gasteiger partial charge >= 0.3 is 12.4 Å². The smallest absolute Gasteiger partial charge is 0.404 e. The Kier molecular flexibility index (Phi) is 7.77. The number of nitrogens with zero attached hydrogens (tertiary/aromatic N) is 3. The Hall–Kier alpha value is -3.81. The number of benzene rings is 1. The highest BCUT2D eigenvalue weighted by Gasteiger charge is 2.52. The molecular weight excluding hydrogens is 493 g/mol. The van der Waals surface area contributed by atoms with Gasteiger partial charge in [-0.15, -0.1) is 13.2 Å². The van der Waals surface area contributed by atoms with Crippen LogP contribution in [0.1, 0.15) is 19.4 Å². The molecule has 2 heterocycles. The second-order valence-corrected chi connectivity index (χ2v) is 8.22. The van der Waals surface area contributed by atoms with E-state index in [-0.39, 0.29) is 12.2 Å². The minimum Gasteiger partial charge on any atom is -0.404 e. The molecule has 4 amide bonds. The molecule has 14 heteroatoms. The summed E-state index contributed by atoms with van der Waals surface area (Å²) in [7, 11) is 0. The van der Waals surface area contributed by atoms with Crippen LogP contribution in [0.2, 0.25) is 0 Å². The molecule has 0 unspecified atom stereocenters. The highest BCUT2D eigenvalue weighted by molar-refractivity contribution is 6.23. The molecule has 1 aliphatic heterocycles. The van der Waals surface area contributed by atoms with Crippen LogP contribution in [0.15, 0.2) is 42.7 Å². The summed E-state index contributed by atoms with van der Waals surface area (Å²) in [4.78, 5) is 44.5. The molecule has 194 valence electrons. The first-order chi connectivity index (χ1) is 16.8. The van der Waals surface area contributed by atoms with Gasteiger partial charge in [0.25, 0.3) is 12.3 Å². The number of rotatable bonds is 9. The molecule has 2 N–H and O–H groups in total. The largest absolute Gasteiger partial charge is 0.573 e. The zero-order valence-electron chi connectivity index (χ0n) is 19.1. The van der Waals surface area contributed by atoms with Crippen LogP contribution in [0.4, 0.5) is 38.1 Å². The molecule has 0 bridgehead atoms. The van der Waals surface area contributed by atoms with Gasteiger partial charge in [0.05, 0.1) is 24.5 Å². The van der Waals surface area contributed by atoms with E-state index in [2.05, 4.69) is 20.4 Å². The van der Waals surface area contributed by atoms with Gasteiger partial charge in [0.1, 0.15) is 5.54 Å². The highest BCUT2D eigenvalue weighted by Crippen LogP contribution is 2.38. The maximum Gasteiger partial charge on any atom is 0.573 e. The lowest BCUT2D eigenvalue weighted by atomic mass is 10.0. The molecule has 1 aromatic heterocycles.